The summed E-state index contributed by atoms with van der Waals surface area (Å²) in [4.78, 5) is 21.8. The standard InChI is InChI=1S/C12H15ClN2O3S/c13-9-2-1-3-10(6-9)18-5-4-15-12(17)8-19-7-11(14)16/h1-3,6H,4-5,7-8H2,(H2,14,16)(H,15,17). The molecule has 0 aliphatic heterocycles. The van der Waals surface area contributed by atoms with Crippen LogP contribution >= 0.6 is 23.4 Å². The number of hydrogen-bond donors (Lipinski definition) is 2. The molecule has 104 valence electrons. The monoisotopic (exact) mass is 302 g/mol. The topological polar surface area (TPSA) is 81.4 Å². The Morgan fingerprint density at radius 2 is 2.16 bits per heavy atom. The van der Waals surface area contributed by atoms with E-state index < -0.39 is 5.91 Å². The smallest absolute Gasteiger partial charge is 0.230 e. The van der Waals surface area contributed by atoms with Crippen LogP contribution in [0.3, 0.4) is 0 Å². The maximum atomic E-state index is 11.3. The molecule has 0 heterocycles. The van der Waals surface area contributed by atoms with Gasteiger partial charge in [-0.3, -0.25) is 9.59 Å². The summed E-state index contributed by atoms with van der Waals surface area (Å²) < 4.78 is 5.40. The zero-order valence-corrected chi connectivity index (χ0v) is 11.8. The fourth-order valence-corrected chi connectivity index (χ4v) is 1.98. The van der Waals surface area contributed by atoms with Crippen molar-refractivity contribution < 1.29 is 14.3 Å². The molecule has 0 aliphatic carbocycles. The van der Waals surface area contributed by atoms with Gasteiger partial charge >= 0.3 is 0 Å². The molecule has 1 rings (SSSR count). The molecule has 0 unspecified atom stereocenters. The molecule has 1 aromatic carbocycles. The van der Waals surface area contributed by atoms with E-state index in [1.165, 1.54) is 11.8 Å². The number of nitrogens with two attached hydrogens (primary N) is 1. The summed E-state index contributed by atoms with van der Waals surface area (Å²) in [7, 11) is 0. The maximum absolute atomic E-state index is 11.3. The molecule has 0 saturated heterocycles. The van der Waals surface area contributed by atoms with E-state index in [-0.39, 0.29) is 17.4 Å². The summed E-state index contributed by atoms with van der Waals surface area (Å²) in [6.07, 6.45) is 0. The Morgan fingerprint density at radius 1 is 1.37 bits per heavy atom. The Kier molecular flexibility index (Phi) is 7.14. The van der Waals surface area contributed by atoms with Crippen LogP contribution in [0.4, 0.5) is 0 Å². The second-order valence-electron chi connectivity index (χ2n) is 3.61. The molecular weight excluding hydrogens is 288 g/mol. The summed E-state index contributed by atoms with van der Waals surface area (Å²) in [5.74, 6) is 0.430. The van der Waals surface area contributed by atoms with Crippen molar-refractivity contribution in [1.82, 2.24) is 5.32 Å². The van der Waals surface area contributed by atoms with Gasteiger partial charge in [-0.2, -0.15) is 0 Å². The molecular formula is C12H15ClN2O3S. The summed E-state index contributed by atoms with van der Waals surface area (Å²) in [5.41, 5.74) is 4.95. The van der Waals surface area contributed by atoms with E-state index in [0.29, 0.717) is 23.9 Å². The second-order valence-corrected chi connectivity index (χ2v) is 5.04. The van der Waals surface area contributed by atoms with Gasteiger partial charge < -0.3 is 15.8 Å². The highest BCUT2D eigenvalue weighted by Crippen LogP contribution is 2.16. The lowest BCUT2D eigenvalue weighted by Gasteiger charge is -2.07. The van der Waals surface area contributed by atoms with Crippen molar-refractivity contribution in [3.63, 3.8) is 0 Å². The summed E-state index contributed by atoms with van der Waals surface area (Å²) in [6.45, 7) is 0.745. The first kappa shape index (κ1) is 15.7. The predicted molar refractivity (Wildman–Crippen MR) is 76.5 cm³/mol. The van der Waals surface area contributed by atoms with E-state index in [1.807, 2.05) is 0 Å². The highest BCUT2D eigenvalue weighted by Gasteiger charge is 2.02. The van der Waals surface area contributed by atoms with E-state index in [1.54, 1.807) is 24.3 Å². The lowest BCUT2D eigenvalue weighted by molar-refractivity contribution is -0.118. The summed E-state index contributed by atoms with van der Waals surface area (Å²) >= 11 is 6.98. The SMILES string of the molecule is NC(=O)CSCC(=O)NCCOc1cccc(Cl)c1. The quantitative estimate of drug-likeness (QED) is 0.703. The predicted octanol–water partition coefficient (Wildman–Crippen LogP) is 1.05. The van der Waals surface area contributed by atoms with Crippen LogP contribution < -0.4 is 15.8 Å². The van der Waals surface area contributed by atoms with Gasteiger partial charge in [0.15, 0.2) is 0 Å². The van der Waals surface area contributed by atoms with Crippen molar-refractivity contribution in [3.05, 3.63) is 29.3 Å². The largest absolute Gasteiger partial charge is 0.492 e. The van der Waals surface area contributed by atoms with Gasteiger partial charge in [0, 0.05) is 5.02 Å². The van der Waals surface area contributed by atoms with Gasteiger partial charge in [-0.25, -0.2) is 0 Å². The molecule has 19 heavy (non-hydrogen) atoms. The van der Waals surface area contributed by atoms with E-state index in [0.717, 1.165) is 0 Å². The van der Waals surface area contributed by atoms with E-state index in [4.69, 9.17) is 22.1 Å². The molecule has 1 aromatic rings. The van der Waals surface area contributed by atoms with Gasteiger partial charge in [0.1, 0.15) is 12.4 Å². The number of halogens is 1. The number of primary amides is 1. The van der Waals surface area contributed by atoms with Gasteiger partial charge in [-0.15, -0.1) is 11.8 Å². The molecule has 7 heteroatoms. The normalized spacial score (nSPS) is 9.95. The number of nitrogens with one attached hydrogen (secondary N) is 1. The Bertz CT molecular complexity index is 443. The molecule has 0 saturated carbocycles. The average molecular weight is 303 g/mol. The molecule has 0 radical (unpaired) electrons. The molecule has 0 aliphatic rings. The van der Waals surface area contributed by atoms with Crippen molar-refractivity contribution in [2.24, 2.45) is 5.73 Å². The Hall–Kier alpha value is -1.40. The van der Waals surface area contributed by atoms with Gasteiger partial charge in [-0.1, -0.05) is 17.7 Å². The number of rotatable bonds is 8. The number of hydrogen-bond acceptors (Lipinski definition) is 4. The lowest BCUT2D eigenvalue weighted by Crippen LogP contribution is -2.30. The highest BCUT2D eigenvalue weighted by molar-refractivity contribution is 8.00. The van der Waals surface area contributed by atoms with E-state index in [2.05, 4.69) is 5.32 Å². The minimum atomic E-state index is -0.429. The zero-order valence-electron chi connectivity index (χ0n) is 10.2. The first-order chi connectivity index (χ1) is 9.08. The van der Waals surface area contributed by atoms with E-state index in [9.17, 15) is 9.59 Å². The minimum Gasteiger partial charge on any atom is -0.492 e. The molecule has 0 aromatic heterocycles. The molecule has 0 bridgehead atoms. The number of ether oxygens (including phenoxy) is 1. The van der Waals surface area contributed by atoms with Crippen LogP contribution in [0.15, 0.2) is 24.3 Å². The van der Waals surface area contributed by atoms with Crippen molar-refractivity contribution in [1.29, 1.82) is 0 Å². The molecule has 3 N–H and O–H groups in total. The molecule has 0 spiro atoms. The Labute approximate surface area is 120 Å². The van der Waals surface area contributed by atoms with Gasteiger partial charge in [0.05, 0.1) is 18.1 Å². The number of amides is 2. The first-order valence-electron chi connectivity index (χ1n) is 5.59. The molecule has 5 nitrogen and oxygen atoms in total. The van der Waals surface area contributed by atoms with Gasteiger partial charge in [-0.05, 0) is 18.2 Å². The van der Waals surface area contributed by atoms with Crippen LogP contribution in [0.25, 0.3) is 0 Å². The maximum Gasteiger partial charge on any atom is 0.230 e. The lowest BCUT2D eigenvalue weighted by atomic mass is 10.3. The first-order valence-corrected chi connectivity index (χ1v) is 7.12. The fourth-order valence-electron chi connectivity index (χ4n) is 1.21. The van der Waals surface area contributed by atoms with E-state index >= 15 is 0 Å². The van der Waals surface area contributed by atoms with Crippen LogP contribution in [-0.2, 0) is 9.59 Å². The number of carbonyl (C=O) groups is 2. The number of carbonyl (C=O) groups excluding carboxylic acids is 2. The Balaban J connectivity index is 2.10. The van der Waals surface area contributed by atoms with Crippen LogP contribution in [0.2, 0.25) is 5.02 Å². The average Bonchev–Trinajstić information content (AvgIpc) is 2.34. The van der Waals surface area contributed by atoms with Crippen molar-refractivity contribution >= 4 is 35.2 Å². The number of thioether (sulfide) groups is 1. The van der Waals surface area contributed by atoms with Crippen LogP contribution in [-0.4, -0.2) is 36.5 Å². The van der Waals surface area contributed by atoms with Crippen LogP contribution in [0.1, 0.15) is 0 Å². The van der Waals surface area contributed by atoms with Crippen molar-refractivity contribution in [3.8, 4) is 5.75 Å². The molecule has 0 atom stereocenters. The van der Waals surface area contributed by atoms with Crippen molar-refractivity contribution in [2.45, 2.75) is 0 Å². The summed E-state index contributed by atoms with van der Waals surface area (Å²) in [5, 5.41) is 3.27. The third-order valence-corrected chi connectivity index (χ3v) is 3.16. The second kappa shape index (κ2) is 8.66. The highest BCUT2D eigenvalue weighted by atomic mass is 35.5. The Morgan fingerprint density at radius 3 is 2.84 bits per heavy atom. The molecule has 2 amide bonds. The van der Waals surface area contributed by atoms with Crippen molar-refractivity contribution in [2.75, 3.05) is 24.7 Å². The minimum absolute atomic E-state index is 0.145. The molecule has 0 fully saturated rings. The summed E-state index contributed by atoms with van der Waals surface area (Å²) in [6, 6.07) is 7.03. The third kappa shape index (κ3) is 7.58. The van der Waals surface area contributed by atoms with Gasteiger partial charge in [0.2, 0.25) is 11.8 Å². The fraction of sp³-hybridized carbons (Fsp3) is 0.333. The third-order valence-electron chi connectivity index (χ3n) is 1.97. The van der Waals surface area contributed by atoms with Crippen LogP contribution in [0.5, 0.6) is 5.75 Å². The zero-order chi connectivity index (χ0) is 14.1. The van der Waals surface area contributed by atoms with Crippen LogP contribution in [0, 0.1) is 0 Å². The number of benzene rings is 1. The van der Waals surface area contributed by atoms with Gasteiger partial charge in [0.25, 0.3) is 0 Å².